The molecule has 0 bridgehead atoms. The van der Waals surface area contributed by atoms with Gasteiger partial charge in [0.05, 0.1) is 18.6 Å². The zero-order valence-electron chi connectivity index (χ0n) is 19.0. The smallest absolute Gasteiger partial charge is 0.308 e. The molecule has 0 radical (unpaired) electrons. The zero-order valence-corrected chi connectivity index (χ0v) is 19.0. The monoisotopic (exact) mass is 430 g/mol. The van der Waals surface area contributed by atoms with Crippen molar-refractivity contribution in [2.75, 3.05) is 26.7 Å². The molecule has 0 amide bonds. The number of nitrogens with zero attached hydrogens (tertiary/aromatic N) is 2. The molecule has 7 nitrogen and oxygen atoms in total. The van der Waals surface area contributed by atoms with Crippen molar-refractivity contribution in [3.05, 3.63) is 35.4 Å². The molecular weight excluding hydrogens is 392 g/mol. The molecule has 2 fully saturated rings. The average Bonchev–Trinajstić information content (AvgIpc) is 2.79. The predicted octanol–water partition coefficient (Wildman–Crippen LogP) is 2.43. The molecule has 1 aliphatic heterocycles. The molecule has 1 saturated carbocycles. The largest absolute Gasteiger partial charge is 0.466 e. The lowest BCUT2D eigenvalue weighted by atomic mass is 9.86. The summed E-state index contributed by atoms with van der Waals surface area (Å²) in [4.78, 5) is 18.7. The first-order valence-electron chi connectivity index (χ1n) is 11.7. The summed E-state index contributed by atoms with van der Waals surface area (Å²) in [6.45, 7) is 5.90. The van der Waals surface area contributed by atoms with E-state index in [-0.39, 0.29) is 18.0 Å². The number of carbonyl (C=O) groups excluding carboxylic acids is 1. The second kappa shape index (κ2) is 12.1. The Morgan fingerprint density at radius 1 is 1.10 bits per heavy atom. The number of ether oxygens (including phenoxy) is 1. The molecule has 1 aromatic carbocycles. The van der Waals surface area contributed by atoms with E-state index >= 15 is 0 Å². The molecule has 2 aliphatic rings. The second-order valence-electron chi connectivity index (χ2n) is 8.69. The lowest BCUT2D eigenvalue weighted by molar-refractivity contribution is -0.149. The summed E-state index contributed by atoms with van der Waals surface area (Å²) in [5.41, 5.74) is 2.52. The number of nitrogens with one attached hydrogen (secondary N) is 2. The number of aliphatic hydroxyl groups is 1. The summed E-state index contributed by atoms with van der Waals surface area (Å²) in [5, 5.41) is 16.5. The van der Waals surface area contributed by atoms with Crippen molar-refractivity contribution in [1.29, 1.82) is 0 Å². The highest BCUT2D eigenvalue weighted by Gasteiger charge is 2.27. The van der Waals surface area contributed by atoms with Crippen LogP contribution in [0.5, 0.6) is 0 Å². The van der Waals surface area contributed by atoms with Gasteiger partial charge in [-0.05, 0) is 56.6 Å². The minimum Gasteiger partial charge on any atom is -0.466 e. The Kier molecular flexibility index (Phi) is 9.15. The predicted molar refractivity (Wildman–Crippen MR) is 123 cm³/mol. The third kappa shape index (κ3) is 7.51. The summed E-state index contributed by atoms with van der Waals surface area (Å²) in [7, 11) is 1.79. The van der Waals surface area contributed by atoms with Crippen LogP contribution in [0.4, 0.5) is 0 Å². The van der Waals surface area contributed by atoms with Crippen LogP contribution in [0, 0.1) is 5.92 Å². The third-order valence-electron chi connectivity index (χ3n) is 6.36. The molecule has 3 rings (SSSR count). The molecule has 31 heavy (non-hydrogen) atoms. The van der Waals surface area contributed by atoms with Crippen LogP contribution in [0.25, 0.3) is 0 Å². The van der Waals surface area contributed by atoms with Gasteiger partial charge in [-0.1, -0.05) is 24.3 Å². The van der Waals surface area contributed by atoms with Crippen LogP contribution in [-0.2, 0) is 22.6 Å². The van der Waals surface area contributed by atoms with Gasteiger partial charge in [-0.25, -0.2) is 0 Å². The van der Waals surface area contributed by atoms with Crippen LogP contribution in [-0.4, -0.2) is 60.8 Å². The van der Waals surface area contributed by atoms with Crippen molar-refractivity contribution in [3.63, 3.8) is 0 Å². The Bertz CT molecular complexity index is 706. The third-order valence-corrected chi connectivity index (χ3v) is 6.36. The number of benzene rings is 1. The van der Waals surface area contributed by atoms with Crippen LogP contribution in [0.1, 0.15) is 56.6 Å². The summed E-state index contributed by atoms with van der Waals surface area (Å²) in [6.07, 6.45) is 5.26. The van der Waals surface area contributed by atoms with Crippen LogP contribution in [0.15, 0.2) is 29.3 Å². The van der Waals surface area contributed by atoms with Gasteiger partial charge in [-0.3, -0.25) is 14.7 Å². The van der Waals surface area contributed by atoms with E-state index in [1.807, 2.05) is 6.92 Å². The number of carbonyl (C=O) groups is 1. The maximum atomic E-state index is 11.9. The second-order valence-corrected chi connectivity index (χ2v) is 8.69. The fraction of sp³-hybridized carbons (Fsp3) is 0.667. The zero-order chi connectivity index (χ0) is 22.1. The van der Waals surface area contributed by atoms with E-state index in [2.05, 4.69) is 44.8 Å². The minimum absolute atomic E-state index is 0.0430. The van der Waals surface area contributed by atoms with Crippen molar-refractivity contribution in [1.82, 2.24) is 15.5 Å². The van der Waals surface area contributed by atoms with Gasteiger partial charge in [0.15, 0.2) is 5.96 Å². The first-order chi connectivity index (χ1) is 15.1. The number of likely N-dealkylation sites (tertiary alicyclic amines) is 1. The fourth-order valence-corrected chi connectivity index (χ4v) is 4.41. The quantitative estimate of drug-likeness (QED) is 0.350. The molecule has 1 aromatic rings. The Morgan fingerprint density at radius 3 is 2.35 bits per heavy atom. The van der Waals surface area contributed by atoms with E-state index in [4.69, 9.17) is 4.74 Å². The summed E-state index contributed by atoms with van der Waals surface area (Å²) in [5.74, 6) is 0.793. The highest BCUT2D eigenvalue weighted by Crippen LogP contribution is 2.25. The molecule has 172 valence electrons. The van der Waals surface area contributed by atoms with E-state index in [0.717, 1.165) is 64.1 Å². The maximum Gasteiger partial charge on any atom is 0.308 e. The molecule has 0 unspecified atom stereocenters. The highest BCUT2D eigenvalue weighted by atomic mass is 16.5. The highest BCUT2D eigenvalue weighted by molar-refractivity contribution is 5.80. The lowest BCUT2D eigenvalue weighted by Crippen LogP contribution is -2.45. The van der Waals surface area contributed by atoms with Gasteiger partial charge in [-0.2, -0.15) is 0 Å². The van der Waals surface area contributed by atoms with Crippen molar-refractivity contribution < 1.29 is 14.6 Å². The van der Waals surface area contributed by atoms with Crippen LogP contribution < -0.4 is 10.6 Å². The van der Waals surface area contributed by atoms with E-state index in [9.17, 15) is 9.90 Å². The van der Waals surface area contributed by atoms with E-state index < -0.39 is 0 Å². The first-order valence-corrected chi connectivity index (χ1v) is 11.7. The SMILES string of the molecule is CCOC(=O)C1CCC(NC(=NC)NCc2ccc(CN3CCC(O)CC3)cc2)CC1. The maximum absolute atomic E-state index is 11.9. The van der Waals surface area contributed by atoms with Gasteiger partial charge in [0.1, 0.15) is 0 Å². The number of hydrogen-bond donors (Lipinski definition) is 3. The molecule has 7 heteroatoms. The fourth-order valence-electron chi connectivity index (χ4n) is 4.41. The number of guanidine groups is 1. The van der Waals surface area contributed by atoms with Gasteiger partial charge in [-0.15, -0.1) is 0 Å². The number of esters is 1. The Balaban J connectivity index is 1.39. The Labute approximate surface area is 186 Å². The summed E-state index contributed by atoms with van der Waals surface area (Å²) >= 11 is 0. The van der Waals surface area contributed by atoms with Crippen LogP contribution >= 0.6 is 0 Å². The number of hydrogen-bond acceptors (Lipinski definition) is 5. The standard InChI is InChI=1S/C24H38N4O3/c1-3-31-23(30)20-8-10-21(11-9-20)27-24(25-2)26-16-18-4-6-19(7-5-18)17-28-14-12-22(29)13-15-28/h4-7,20-22,29H,3,8-17H2,1-2H3,(H2,25,26,27). The average molecular weight is 431 g/mol. The first kappa shape index (κ1) is 23.5. The summed E-state index contributed by atoms with van der Waals surface area (Å²) in [6, 6.07) is 9.05. The summed E-state index contributed by atoms with van der Waals surface area (Å²) < 4.78 is 5.15. The molecule has 0 aromatic heterocycles. The van der Waals surface area contributed by atoms with E-state index in [0.29, 0.717) is 19.2 Å². The molecule has 1 aliphatic carbocycles. The topological polar surface area (TPSA) is 86.2 Å². The number of aliphatic imine (C=N–C) groups is 1. The van der Waals surface area contributed by atoms with Crippen LogP contribution in [0.2, 0.25) is 0 Å². The molecular formula is C24H38N4O3. The van der Waals surface area contributed by atoms with Gasteiger partial charge in [0.25, 0.3) is 0 Å². The van der Waals surface area contributed by atoms with Crippen molar-refractivity contribution in [2.45, 2.75) is 70.7 Å². The lowest BCUT2D eigenvalue weighted by Gasteiger charge is -2.29. The van der Waals surface area contributed by atoms with Crippen molar-refractivity contribution >= 4 is 11.9 Å². The molecule has 0 spiro atoms. The Hall–Kier alpha value is -2.12. The van der Waals surface area contributed by atoms with Gasteiger partial charge < -0.3 is 20.5 Å². The van der Waals surface area contributed by atoms with E-state index in [1.165, 1.54) is 11.1 Å². The van der Waals surface area contributed by atoms with Crippen LogP contribution in [0.3, 0.4) is 0 Å². The number of piperidine rings is 1. The molecule has 1 heterocycles. The van der Waals surface area contributed by atoms with E-state index in [1.54, 1.807) is 7.05 Å². The minimum atomic E-state index is -0.125. The van der Waals surface area contributed by atoms with Crippen molar-refractivity contribution in [2.24, 2.45) is 10.9 Å². The molecule has 1 saturated heterocycles. The van der Waals surface area contributed by atoms with Crippen molar-refractivity contribution in [3.8, 4) is 0 Å². The molecule has 3 N–H and O–H groups in total. The Morgan fingerprint density at radius 2 is 1.74 bits per heavy atom. The van der Waals surface area contributed by atoms with Gasteiger partial charge >= 0.3 is 5.97 Å². The normalized spacial score (nSPS) is 23.4. The number of rotatable bonds is 7. The van der Waals surface area contributed by atoms with Gasteiger partial charge in [0.2, 0.25) is 0 Å². The number of aliphatic hydroxyl groups excluding tert-OH is 1. The molecule has 0 atom stereocenters. The van der Waals surface area contributed by atoms with Gasteiger partial charge in [0, 0.05) is 39.3 Å².